The highest BCUT2D eigenvalue weighted by Crippen LogP contribution is 2.33. The summed E-state index contributed by atoms with van der Waals surface area (Å²) in [5.74, 6) is -1.30. The Kier molecular flexibility index (Phi) is 4.05. The van der Waals surface area contributed by atoms with Crippen molar-refractivity contribution in [3.63, 3.8) is 0 Å². The van der Waals surface area contributed by atoms with Gasteiger partial charge in [-0.05, 0) is 30.3 Å². The van der Waals surface area contributed by atoms with Gasteiger partial charge in [0.15, 0.2) is 11.0 Å². The normalized spacial score (nSPS) is 12.1. The van der Waals surface area contributed by atoms with Crippen molar-refractivity contribution >= 4 is 34.2 Å². The first-order valence-electron chi connectivity index (χ1n) is 7.77. The molecule has 0 fully saturated rings. The van der Waals surface area contributed by atoms with Crippen LogP contribution in [0.4, 0.5) is 10.8 Å². The zero-order chi connectivity index (χ0) is 19.0. The lowest BCUT2D eigenvalue weighted by Crippen LogP contribution is -2.19. The van der Waals surface area contributed by atoms with Gasteiger partial charge in [-0.3, -0.25) is 0 Å². The first-order valence-corrected chi connectivity index (χ1v) is 8.58. The van der Waals surface area contributed by atoms with Gasteiger partial charge in [0.25, 0.3) is 0 Å². The number of fused-ring (bicyclic) bond motifs is 1. The predicted molar refractivity (Wildman–Crippen MR) is 98.9 cm³/mol. The van der Waals surface area contributed by atoms with Gasteiger partial charge in [-0.25, -0.2) is 14.8 Å². The molecule has 3 aromatic rings. The van der Waals surface area contributed by atoms with Crippen molar-refractivity contribution in [2.75, 3.05) is 5.32 Å². The van der Waals surface area contributed by atoms with Gasteiger partial charge in [-0.2, -0.15) is 4.98 Å². The van der Waals surface area contributed by atoms with Gasteiger partial charge in [-0.15, -0.1) is 0 Å². The molecule has 0 saturated heterocycles. The summed E-state index contributed by atoms with van der Waals surface area (Å²) in [6, 6.07) is 11.5. The second-order valence-corrected chi connectivity index (χ2v) is 6.61. The van der Waals surface area contributed by atoms with E-state index in [0.717, 1.165) is 22.1 Å². The Balaban J connectivity index is 1.61. The summed E-state index contributed by atoms with van der Waals surface area (Å²) in [4.78, 5) is 24.3. The number of hydrogen-bond donors (Lipinski definition) is 4. The summed E-state index contributed by atoms with van der Waals surface area (Å²) in [6.07, 6.45) is 1.62. The lowest BCUT2D eigenvalue weighted by molar-refractivity contribution is 0.0694. The minimum atomic E-state index is -1.24. The predicted octanol–water partition coefficient (Wildman–Crippen LogP) is 2.25. The van der Waals surface area contributed by atoms with Crippen molar-refractivity contribution in [1.82, 2.24) is 4.98 Å². The third-order valence-electron chi connectivity index (χ3n) is 3.72. The number of para-hydroxylation sites is 2. The third-order valence-corrected chi connectivity index (χ3v) is 4.63. The van der Waals surface area contributed by atoms with Gasteiger partial charge in [0.2, 0.25) is 5.88 Å². The number of benzene rings is 2. The summed E-state index contributed by atoms with van der Waals surface area (Å²) in [5, 5.41) is 33.5. The second kappa shape index (κ2) is 6.54. The van der Waals surface area contributed by atoms with Crippen LogP contribution in [-0.4, -0.2) is 26.3 Å². The lowest BCUT2D eigenvalue weighted by Gasteiger charge is -2.05. The fraction of sp³-hybridized carbons (Fsp3) is 0. The number of anilines is 2. The van der Waals surface area contributed by atoms with E-state index in [-0.39, 0.29) is 17.2 Å². The summed E-state index contributed by atoms with van der Waals surface area (Å²) in [5.41, 5.74) is 0.185. The first-order chi connectivity index (χ1) is 13.0. The van der Waals surface area contributed by atoms with E-state index in [0.29, 0.717) is 21.5 Å². The van der Waals surface area contributed by atoms with Crippen molar-refractivity contribution < 1.29 is 20.1 Å². The number of thiazole rings is 1. The lowest BCUT2D eigenvalue weighted by atomic mass is 10.2. The van der Waals surface area contributed by atoms with E-state index in [4.69, 9.17) is 5.11 Å². The maximum Gasteiger partial charge on any atom is 0.339 e. The maximum absolute atomic E-state index is 11.1. The zero-order valence-corrected chi connectivity index (χ0v) is 14.4. The Morgan fingerprint density at radius 2 is 1.78 bits per heavy atom. The van der Waals surface area contributed by atoms with E-state index in [2.05, 4.69) is 20.3 Å². The van der Waals surface area contributed by atoms with Crippen molar-refractivity contribution in [3.05, 3.63) is 69.4 Å². The van der Waals surface area contributed by atoms with Gasteiger partial charge in [-0.1, -0.05) is 23.5 Å². The molecule has 0 radical (unpaired) electrons. The van der Waals surface area contributed by atoms with Gasteiger partial charge in [0, 0.05) is 11.8 Å². The number of aromatic hydroxyl groups is 2. The highest BCUT2D eigenvalue weighted by molar-refractivity contribution is 7.16. The average Bonchev–Trinajstić information content (AvgIpc) is 3.19. The van der Waals surface area contributed by atoms with Crippen LogP contribution in [0.1, 0.15) is 15.2 Å². The van der Waals surface area contributed by atoms with Crippen molar-refractivity contribution in [2.24, 2.45) is 9.98 Å². The highest BCUT2D eigenvalue weighted by Gasteiger charge is 2.13. The monoisotopic (exact) mass is 380 g/mol. The Morgan fingerprint density at radius 3 is 2.44 bits per heavy atom. The third kappa shape index (κ3) is 3.35. The van der Waals surface area contributed by atoms with Crippen LogP contribution < -0.4 is 16.0 Å². The van der Waals surface area contributed by atoms with Crippen molar-refractivity contribution in [3.8, 4) is 11.6 Å². The number of nitrogens with one attached hydrogen (secondary N) is 1. The molecule has 4 N–H and O–H groups in total. The number of carboxylic acid groups (broad SMARTS) is 1. The molecule has 9 heteroatoms. The van der Waals surface area contributed by atoms with Gasteiger partial charge >= 0.3 is 5.97 Å². The number of carboxylic acids is 1. The Bertz CT molecular complexity index is 1180. The van der Waals surface area contributed by atoms with Gasteiger partial charge in [0.1, 0.15) is 11.3 Å². The standard InChI is InChI=1S/C18H12N4O4S/c23-13-6-5-9(7-10(13)17(25)26)19-18-22-16(24)14(27-18)8-15-20-11-3-1-2-4-12(11)21-15/h1-8,23-24H,(H,19,22)(H,25,26). The highest BCUT2D eigenvalue weighted by atomic mass is 32.1. The molecular formula is C18H12N4O4S. The molecule has 0 amide bonds. The fourth-order valence-corrected chi connectivity index (χ4v) is 3.30. The molecular weight excluding hydrogens is 368 g/mol. The average molecular weight is 380 g/mol. The van der Waals surface area contributed by atoms with Crippen LogP contribution in [0.25, 0.3) is 6.08 Å². The smallest absolute Gasteiger partial charge is 0.339 e. The number of hydrogen-bond acceptors (Lipinski definition) is 8. The summed E-state index contributed by atoms with van der Waals surface area (Å²) in [6.45, 7) is 0. The molecule has 4 rings (SSSR count). The topological polar surface area (TPSA) is 127 Å². The second-order valence-electron chi connectivity index (χ2n) is 5.58. The molecule has 0 saturated carbocycles. The zero-order valence-electron chi connectivity index (χ0n) is 13.6. The van der Waals surface area contributed by atoms with Crippen LogP contribution in [0, 0.1) is 0 Å². The van der Waals surface area contributed by atoms with Crippen LogP contribution in [0.3, 0.4) is 0 Å². The summed E-state index contributed by atoms with van der Waals surface area (Å²) < 4.78 is 0. The molecule has 27 heavy (non-hydrogen) atoms. The molecule has 0 aliphatic carbocycles. The Labute approximate surface area is 156 Å². The van der Waals surface area contributed by atoms with Crippen molar-refractivity contribution in [2.45, 2.75) is 0 Å². The van der Waals surface area contributed by atoms with Gasteiger partial charge < -0.3 is 20.6 Å². The number of aromatic nitrogens is 1. The molecule has 0 atom stereocenters. The Hall–Kier alpha value is -3.72. The van der Waals surface area contributed by atoms with E-state index in [1.54, 1.807) is 6.08 Å². The first kappa shape index (κ1) is 16.7. The number of phenols is 1. The number of aromatic carboxylic acids is 1. The molecule has 134 valence electrons. The van der Waals surface area contributed by atoms with E-state index in [1.165, 1.54) is 18.2 Å². The SMILES string of the molecule is O=C(O)c1cc(Nc2nc(O)c(C=C3N=c4ccccc4=N3)s2)ccc1O. The molecule has 2 heterocycles. The minimum Gasteiger partial charge on any atom is -0.507 e. The number of nitrogens with zero attached hydrogens (tertiary/aromatic N) is 3. The molecule has 0 unspecified atom stereocenters. The van der Waals surface area contributed by atoms with E-state index >= 15 is 0 Å². The van der Waals surface area contributed by atoms with Crippen LogP contribution in [-0.2, 0) is 0 Å². The number of rotatable bonds is 4. The molecule has 1 aliphatic heterocycles. The van der Waals surface area contributed by atoms with Crippen molar-refractivity contribution in [1.29, 1.82) is 0 Å². The van der Waals surface area contributed by atoms with E-state index < -0.39 is 5.97 Å². The van der Waals surface area contributed by atoms with E-state index in [1.807, 2.05) is 24.3 Å². The molecule has 2 aromatic carbocycles. The minimum absolute atomic E-state index is 0.186. The van der Waals surface area contributed by atoms with Gasteiger partial charge in [0.05, 0.1) is 15.6 Å². The largest absolute Gasteiger partial charge is 0.507 e. The number of carbonyl (C=O) groups is 1. The van der Waals surface area contributed by atoms with Crippen LogP contribution in [0.5, 0.6) is 11.6 Å². The molecule has 0 bridgehead atoms. The Morgan fingerprint density at radius 1 is 1.07 bits per heavy atom. The quantitative estimate of drug-likeness (QED) is 0.514. The molecule has 8 nitrogen and oxygen atoms in total. The maximum atomic E-state index is 11.1. The molecule has 1 aliphatic rings. The van der Waals surface area contributed by atoms with E-state index in [9.17, 15) is 15.0 Å². The summed E-state index contributed by atoms with van der Waals surface area (Å²) >= 11 is 1.16. The van der Waals surface area contributed by atoms with Crippen LogP contribution in [0.2, 0.25) is 0 Å². The molecule has 0 spiro atoms. The summed E-state index contributed by atoms with van der Waals surface area (Å²) in [7, 11) is 0. The van der Waals surface area contributed by atoms with Crippen LogP contribution in [0.15, 0.2) is 58.3 Å². The fourth-order valence-electron chi connectivity index (χ4n) is 2.49. The van der Waals surface area contributed by atoms with Crippen LogP contribution >= 0.6 is 11.3 Å². The molecule has 1 aromatic heterocycles.